The van der Waals surface area contributed by atoms with Crippen LogP contribution in [-0.2, 0) is 22.6 Å². The molecule has 130 valence electrons. The molecular formula is C21H23NO3. The molecule has 0 amide bonds. The Morgan fingerprint density at radius 1 is 1.24 bits per heavy atom. The van der Waals surface area contributed by atoms with Gasteiger partial charge in [0.25, 0.3) is 0 Å². The molecule has 4 heteroatoms. The quantitative estimate of drug-likeness (QED) is 0.671. The Balaban J connectivity index is 2.07. The minimum atomic E-state index is -0.240. The summed E-state index contributed by atoms with van der Waals surface area (Å²) in [5.41, 5.74) is 5.47. The largest absolute Gasteiger partial charge is 0.488 e. The molecule has 1 N–H and O–H groups in total. The number of ether oxygens (including phenoxy) is 2. The molecule has 0 saturated carbocycles. The van der Waals surface area contributed by atoms with E-state index >= 15 is 0 Å². The summed E-state index contributed by atoms with van der Waals surface area (Å²) in [5, 5.41) is 3.18. The molecule has 25 heavy (non-hydrogen) atoms. The number of fused-ring (bicyclic) bond motifs is 2. The molecule has 0 saturated heterocycles. The van der Waals surface area contributed by atoms with Crippen LogP contribution in [0.5, 0.6) is 5.75 Å². The van der Waals surface area contributed by atoms with E-state index in [-0.39, 0.29) is 12.4 Å². The van der Waals surface area contributed by atoms with Crippen molar-refractivity contribution in [2.45, 2.75) is 19.4 Å². The molecule has 0 unspecified atom stereocenters. The smallest absolute Gasteiger partial charge is 0.309 e. The summed E-state index contributed by atoms with van der Waals surface area (Å²) < 4.78 is 10.8. The molecular weight excluding hydrogens is 314 g/mol. The molecule has 2 aromatic rings. The zero-order chi connectivity index (χ0) is 17.6. The monoisotopic (exact) mass is 337 g/mol. The second kappa shape index (κ2) is 7.99. The van der Waals surface area contributed by atoms with Gasteiger partial charge >= 0.3 is 5.97 Å². The van der Waals surface area contributed by atoms with Crippen molar-refractivity contribution >= 4 is 11.5 Å². The normalized spacial score (nSPS) is 14.2. The van der Waals surface area contributed by atoms with Crippen LogP contribution in [0.15, 0.2) is 48.5 Å². The first-order valence-corrected chi connectivity index (χ1v) is 8.49. The van der Waals surface area contributed by atoms with Crippen molar-refractivity contribution in [3.63, 3.8) is 0 Å². The van der Waals surface area contributed by atoms with Crippen molar-refractivity contribution < 1.29 is 14.3 Å². The van der Waals surface area contributed by atoms with Crippen molar-refractivity contribution in [2.24, 2.45) is 0 Å². The molecule has 2 aromatic carbocycles. The van der Waals surface area contributed by atoms with Crippen LogP contribution >= 0.6 is 0 Å². The van der Waals surface area contributed by atoms with E-state index in [1.807, 2.05) is 37.4 Å². The van der Waals surface area contributed by atoms with Crippen LogP contribution in [0.25, 0.3) is 5.57 Å². The molecule has 4 nitrogen and oxygen atoms in total. The lowest BCUT2D eigenvalue weighted by molar-refractivity contribution is -0.139. The van der Waals surface area contributed by atoms with Crippen molar-refractivity contribution in [2.75, 3.05) is 20.7 Å². The molecule has 0 aromatic heterocycles. The van der Waals surface area contributed by atoms with Crippen LogP contribution in [0.2, 0.25) is 0 Å². The topological polar surface area (TPSA) is 47.6 Å². The summed E-state index contributed by atoms with van der Waals surface area (Å²) in [4.78, 5) is 11.6. The number of benzene rings is 2. The lowest BCUT2D eigenvalue weighted by Crippen LogP contribution is -2.06. The van der Waals surface area contributed by atoms with Gasteiger partial charge in [0.15, 0.2) is 0 Å². The molecule has 0 spiro atoms. The van der Waals surface area contributed by atoms with Crippen LogP contribution in [0.3, 0.4) is 0 Å². The van der Waals surface area contributed by atoms with E-state index in [9.17, 15) is 4.79 Å². The highest BCUT2D eigenvalue weighted by atomic mass is 16.5. The molecule has 3 rings (SSSR count). The Kier molecular flexibility index (Phi) is 5.51. The highest BCUT2D eigenvalue weighted by Crippen LogP contribution is 2.37. The van der Waals surface area contributed by atoms with Crippen LogP contribution in [0.1, 0.15) is 28.7 Å². The van der Waals surface area contributed by atoms with Gasteiger partial charge in [-0.1, -0.05) is 36.4 Å². The van der Waals surface area contributed by atoms with Crippen LogP contribution in [0.4, 0.5) is 0 Å². The predicted octanol–water partition coefficient (Wildman–Crippen LogP) is 3.34. The third-order valence-corrected chi connectivity index (χ3v) is 4.34. The van der Waals surface area contributed by atoms with Crippen molar-refractivity contribution in [3.8, 4) is 5.75 Å². The van der Waals surface area contributed by atoms with Gasteiger partial charge in [-0.05, 0) is 54.4 Å². The van der Waals surface area contributed by atoms with Crippen LogP contribution in [-0.4, -0.2) is 26.7 Å². The van der Waals surface area contributed by atoms with Gasteiger partial charge in [0.2, 0.25) is 0 Å². The average Bonchev–Trinajstić information content (AvgIpc) is 2.79. The first-order valence-electron chi connectivity index (χ1n) is 8.49. The molecule has 0 aliphatic carbocycles. The van der Waals surface area contributed by atoms with Gasteiger partial charge in [0.05, 0.1) is 13.5 Å². The van der Waals surface area contributed by atoms with Gasteiger partial charge in [-0.25, -0.2) is 0 Å². The van der Waals surface area contributed by atoms with E-state index in [1.165, 1.54) is 18.2 Å². The van der Waals surface area contributed by atoms with E-state index in [0.717, 1.165) is 35.4 Å². The first kappa shape index (κ1) is 17.2. The van der Waals surface area contributed by atoms with E-state index in [2.05, 4.69) is 23.5 Å². The second-order valence-electron chi connectivity index (χ2n) is 6.04. The fraction of sp³-hybridized carbons (Fsp3) is 0.286. The van der Waals surface area contributed by atoms with Gasteiger partial charge in [0.1, 0.15) is 12.4 Å². The molecule has 0 bridgehead atoms. The Bertz CT molecular complexity index is 795. The Morgan fingerprint density at radius 3 is 2.88 bits per heavy atom. The van der Waals surface area contributed by atoms with E-state index in [0.29, 0.717) is 6.61 Å². The van der Waals surface area contributed by atoms with Crippen LogP contribution < -0.4 is 10.1 Å². The van der Waals surface area contributed by atoms with Crippen molar-refractivity contribution in [3.05, 3.63) is 70.8 Å². The Hall–Kier alpha value is -2.59. The number of hydrogen-bond donors (Lipinski definition) is 1. The number of carbonyl (C=O) groups is 1. The van der Waals surface area contributed by atoms with Gasteiger partial charge in [-0.3, -0.25) is 4.79 Å². The summed E-state index contributed by atoms with van der Waals surface area (Å²) >= 11 is 0. The van der Waals surface area contributed by atoms with E-state index in [1.54, 1.807) is 0 Å². The number of rotatable bonds is 5. The highest BCUT2D eigenvalue weighted by molar-refractivity contribution is 5.85. The zero-order valence-electron chi connectivity index (χ0n) is 14.7. The van der Waals surface area contributed by atoms with Crippen LogP contribution in [0, 0.1) is 0 Å². The summed E-state index contributed by atoms with van der Waals surface area (Å²) in [7, 11) is 3.36. The molecule has 1 aliphatic heterocycles. The highest BCUT2D eigenvalue weighted by Gasteiger charge is 2.19. The number of methoxy groups -OCH3 is 1. The number of nitrogens with one attached hydrogen (secondary N) is 1. The Labute approximate surface area is 148 Å². The lowest BCUT2D eigenvalue weighted by Gasteiger charge is -2.12. The fourth-order valence-corrected chi connectivity index (χ4v) is 3.05. The maximum atomic E-state index is 11.6. The predicted molar refractivity (Wildman–Crippen MR) is 98.6 cm³/mol. The molecule has 0 radical (unpaired) electrons. The maximum Gasteiger partial charge on any atom is 0.309 e. The summed E-state index contributed by atoms with van der Waals surface area (Å²) in [6, 6.07) is 14.2. The molecule has 0 fully saturated rings. The van der Waals surface area contributed by atoms with Gasteiger partial charge < -0.3 is 14.8 Å². The van der Waals surface area contributed by atoms with E-state index < -0.39 is 0 Å². The minimum absolute atomic E-state index is 0.240. The van der Waals surface area contributed by atoms with E-state index in [4.69, 9.17) is 9.47 Å². The van der Waals surface area contributed by atoms with Crippen molar-refractivity contribution in [1.82, 2.24) is 5.32 Å². The van der Waals surface area contributed by atoms with Crippen molar-refractivity contribution in [1.29, 1.82) is 0 Å². The number of hydrogen-bond acceptors (Lipinski definition) is 4. The third-order valence-electron chi connectivity index (χ3n) is 4.34. The maximum absolute atomic E-state index is 11.6. The standard InChI is InChI=1S/C21H23NO3/c1-22-11-5-8-18-17-7-4-3-6-16(17)14-25-20-10-9-15(12-19(18)20)13-21(23)24-2/h3-4,6-10,12,22H,5,11,13-14H2,1-2H3. The number of carbonyl (C=O) groups excluding carboxylic acids is 1. The lowest BCUT2D eigenvalue weighted by atomic mass is 9.92. The first-order chi connectivity index (χ1) is 12.2. The Morgan fingerprint density at radius 2 is 2.08 bits per heavy atom. The molecule has 0 atom stereocenters. The summed E-state index contributed by atoms with van der Waals surface area (Å²) in [6.07, 6.45) is 3.42. The molecule has 1 aliphatic rings. The zero-order valence-corrected chi connectivity index (χ0v) is 14.7. The second-order valence-corrected chi connectivity index (χ2v) is 6.04. The van der Waals surface area contributed by atoms with Gasteiger partial charge in [-0.15, -0.1) is 0 Å². The van der Waals surface area contributed by atoms with Gasteiger partial charge in [0, 0.05) is 5.56 Å². The third kappa shape index (κ3) is 3.91. The SMILES string of the molecule is CNCCC=C1c2ccccc2COc2ccc(CC(=O)OC)cc21. The average molecular weight is 337 g/mol. The minimum Gasteiger partial charge on any atom is -0.488 e. The summed E-state index contributed by atoms with van der Waals surface area (Å²) in [5.74, 6) is 0.608. The summed E-state index contributed by atoms with van der Waals surface area (Å²) in [6.45, 7) is 1.45. The fourth-order valence-electron chi connectivity index (χ4n) is 3.05. The molecule has 1 heterocycles. The van der Waals surface area contributed by atoms with Gasteiger partial charge in [-0.2, -0.15) is 0 Å². The number of esters is 1.